The molecule has 0 unspecified atom stereocenters. The van der Waals surface area contributed by atoms with Crippen LogP contribution in [0.3, 0.4) is 0 Å². The standard InChI is InChI=1S/C15H23N5O2/c1-12(21)19-13-5-4-10-20(11-13)15(22)18-9-8-17-14-6-2-3-7-16-14/h2-3,6-7,13H,4-5,8-11H2,1H3,(H,16,17)(H,18,22)(H,19,21)/t13-/m0/s1. The third-order valence-corrected chi connectivity index (χ3v) is 3.49. The van der Waals surface area contributed by atoms with Gasteiger partial charge in [-0.1, -0.05) is 6.07 Å². The zero-order chi connectivity index (χ0) is 15.8. The predicted octanol–water partition coefficient (Wildman–Crippen LogP) is 0.804. The van der Waals surface area contributed by atoms with Crippen LogP contribution in [0, 0.1) is 0 Å². The van der Waals surface area contributed by atoms with Crippen molar-refractivity contribution in [1.82, 2.24) is 20.5 Å². The Labute approximate surface area is 130 Å². The average Bonchev–Trinajstić information content (AvgIpc) is 2.52. The van der Waals surface area contributed by atoms with E-state index in [9.17, 15) is 9.59 Å². The summed E-state index contributed by atoms with van der Waals surface area (Å²) in [6, 6.07) is 5.62. The molecule has 7 nitrogen and oxygen atoms in total. The van der Waals surface area contributed by atoms with Crippen LogP contribution in [0.4, 0.5) is 10.6 Å². The van der Waals surface area contributed by atoms with Crippen LogP contribution in [0.5, 0.6) is 0 Å². The van der Waals surface area contributed by atoms with E-state index in [0.29, 0.717) is 19.6 Å². The minimum absolute atomic E-state index is 0.0492. The summed E-state index contributed by atoms with van der Waals surface area (Å²) >= 11 is 0. The zero-order valence-corrected chi connectivity index (χ0v) is 12.8. The highest BCUT2D eigenvalue weighted by Gasteiger charge is 2.23. The lowest BCUT2D eigenvalue weighted by molar-refractivity contribution is -0.119. The highest BCUT2D eigenvalue weighted by molar-refractivity contribution is 5.75. The number of urea groups is 1. The topological polar surface area (TPSA) is 86.4 Å². The van der Waals surface area contributed by atoms with E-state index in [1.54, 1.807) is 11.1 Å². The van der Waals surface area contributed by atoms with Gasteiger partial charge in [0.25, 0.3) is 0 Å². The molecule has 1 fully saturated rings. The Bertz CT molecular complexity index is 494. The number of hydrogen-bond donors (Lipinski definition) is 3. The Morgan fingerprint density at radius 1 is 1.36 bits per heavy atom. The third kappa shape index (κ3) is 5.23. The van der Waals surface area contributed by atoms with Crippen molar-refractivity contribution in [3.63, 3.8) is 0 Å². The van der Waals surface area contributed by atoms with Gasteiger partial charge in [-0.05, 0) is 25.0 Å². The van der Waals surface area contributed by atoms with Crippen molar-refractivity contribution in [2.75, 3.05) is 31.5 Å². The first-order valence-corrected chi connectivity index (χ1v) is 7.60. The molecular weight excluding hydrogens is 282 g/mol. The number of anilines is 1. The molecule has 0 bridgehead atoms. The van der Waals surface area contributed by atoms with Gasteiger partial charge in [0.2, 0.25) is 5.91 Å². The summed E-state index contributed by atoms with van der Waals surface area (Å²) in [5, 5.41) is 8.89. The molecule has 120 valence electrons. The van der Waals surface area contributed by atoms with Crippen LogP contribution in [0.25, 0.3) is 0 Å². The number of carbonyl (C=O) groups is 2. The molecule has 1 aliphatic heterocycles. The third-order valence-electron chi connectivity index (χ3n) is 3.49. The van der Waals surface area contributed by atoms with Crippen LogP contribution in [0.1, 0.15) is 19.8 Å². The van der Waals surface area contributed by atoms with E-state index in [1.807, 2.05) is 18.2 Å². The summed E-state index contributed by atoms with van der Waals surface area (Å²) in [5.41, 5.74) is 0. The lowest BCUT2D eigenvalue weighted by Gasteiger charge is -2.33. The predicted molar refractivity (Wildman–Crippen MR) is 84.5 cm³/mol. The molecule has 0 radical (unpaired) electrons. The van der Waals surface area contributed by atoms with E-state index in [-0.39, 0.29) is 18.0 Å². The van der Waals surface area contributed by atoms with Gasteiger partial charge in [-0.15, -0.1) is 0 Å². The summed E-state index contributed by atoms with van der Waals surface area (Å²) in [6.07, 6.45) is 3.55. The molecule has 22 heavy (non-hydrogen) atoms. The first-order chi connectivity index (χ1) is 10.6. The largest absolute Gasteiger partial charge is 0.368 e. The summed E-state index contributed by atoms with van der Waals surface area (Å²) in [6.45, 7) is 3.94. The molecule has 0 spiro atoms. The van der Waals surface area contributed by atoms with Crippen LogP contribution in [-0.4, -0.2) is 54.0 Å². The summed E-state index contributed by atoms with van der Waals surface area (Å²) in [7, 11) is 0. The number of pyridine rings is 1. The fourth-order valence-corrected chi connectivity index (χ4v) is 2.51. The maximum absolute atomic E-state index is 12.1. The van der Waals surface area contributed by atoms with Crippen molar-refractivity contribution < 1.29 is 9.59 Å². The van der Waals surface area contributed by atoms with Crippen molar-refractivity contribution in [3.05, 3.63) is 24.4 Å². The number of likely N-dealkylation sites (tertiary alicyclic amines) is 1. The molecule has 1 atom stereocenters. The van der Waals surface area contributed by atoms with Gasteiger partial charge in [-0.25, -0.2) is 9.78 Å². The Morgan fingerprint density at radius 2 is 2.23 bits per heavy atom. The average molecular weight is 305 g/mol. The van der Waals surface area contributed by atoms with Gasteiger partial charge in [0.15, 0.2) is 0 Å². The Balaban J connectivity index is 1.67. The molecule has 2 heterocycles. The second-order valence-corrected chi connectivity index (χ2v) is 5.36. The van der Waals surface area contributed by atoms with Gasteiger partial charge in [0.1, 0.15) is 5.82 Å². The Morgan fingerprint density at radius 3 is 2.95 bits per heavy atom. The fraction of sp³-hybridized carbons (Fsp3) is 0.533. The van der Waals surface area contributed by atoms with Crippen molar-refractivity contribution in [2.24, 2.45) is 0 Å². The maximum Gasteiger partial charge on any atom is 0.317 e. The van der Waals surface area contributed by atoms with Crippen LogP contribution < -0.4 is 16.0 Å². The number of nitrogens with zero attached hydrogens (tertiary/aromatic N) is 2. The number of nitrogens with one attached hydrogen (secondary N) is 3. The van der Waals surface area contributed by atoms with Gasteiger partial charge in [-0.2, -0.15) is 0 Å². The van der Waals surface area contributed by atoms with E-state index in [2.05, 4.69) is 20.9 Å². The van der Waals surface area contributed by atoms with Crippen molar-refractivity contribution >= 4 is 17.8 Å². The molecule has 2 rings (SSSR count). The molecule has 3 N–H and O–H groups in total. The molecule has 0 aliphatic carbocycles. The van der Waals surface area contributed by atoms with Gasteiger partial charge >= 0.3 is 6.03 Å². The van der Waals surface area contributed by atoms with Crippen LogP contribution in [0.15, 0.2) is 24.4 Å². The first-order valence-electron chi connectivity index (χ1n) is 7.60. The second kappa shape index (κ2) is 8.21. The minimum atomic E-state index is -0.0853. The molecular formula is C15H23N5O2. The highest BCUT2D eigenvalue weighted by Crippen LogP contribution is 2.10. The van der Waals surface area contributed by atoms with E-state index in [1.165, 1.54) is 6.92 Å². The fourth-order valence-electron chi connectivity index (χ4n) is 2.51. The van der Waals surface area contributed by atoms with Crippen molar-refractivity contribution in [1.29, 1.82) is 0 Å². The molecule has 3 amide bonds. The maximum atomic E-state index is 12.1. The minimum Gasteiger partial charge on any atom is -0.368 e. The molecule has 0 saturated carbocycles. The second-order valence-electron chi connectivity index (χ2n) is 5.36. The highest BCUT2D eigenvalue weighted by atomic mass is 16.2. The smallest absolute Gasteiger partial charge is 0.317 e. The van der Waals surface area contributed by atoms with Gasteiger partial charge in [-0.3, -0.25) is 4.79 Å². The van der Waals surface area contributed by atoms with Gasteiger partial charge < -0.3 is 20.9 Å². The molecule has 0 aromatic carbocycles. The van der Waals surface area contributed by atoms with Crippen molar-refractivity contribution in [3.8, 4) is 0 Å². The van der Waals surface area contributed by atoms with E-state index < -0.39 is 0 Å². The van der Waals surface area contributed by atoms with Crippen LogP contribution >= 0.6 is 0 Å². The van der Waals surface area contributed by atoms with E-state index in [4.69, 9.17) is 0 Å². The quantitative estimate of drug-likeness (QED) is 0.703. The number of aromatic nitrogens is 1. The Hall–Kier alpha value is -2.31. The number of hydrogen-bond acceptors (Lipinski definition) is 4. The van der Waals surface area contributed by atoms with Crippen molar-refractivity contribution in [2.45, 2.75) is 25.8 Å². The number of rotatable bonds is 5. The summed E-state index contributed by atoms with van der Waals surface area (Å²) in [5.74, 6) is 0.743. The van der Waals surface area contributed by atoms with E-state index >= 15 is 0 Å². The molecule has 1 saturated heterocycles. The van der Waals surface area contributed by atoms with Gasteiger partial charge in [0.05, 0.1) is 0 Å². The van der Waals surface area contributed by atoms with Crippen LogP contribution in [0.2, 0.25) is 0 Å². The van der Waals surface area contributed by atoms with E-state index in [0.717, 1.165) is 25.2 Å². The number of carbonyl (C=O) groups excluding carboxylic acids is 2. The number of amides is 3. The number of piperidine rings is 1. The molecule has 1 aromatic heterocycles. The first kappa shape index (κ1) is 16.1. The molecule has 1 aromatic rings. The zero-order valence-electron chi connectivity index (χ0n) is 12.8. The normalized spacial score (nSPS) is 17.7. The lowest BCUT2D eigenvalue weighted by Crippen LogP contribution is -2.52. The Kier molecular flexibility index (Phi) is 6.00. The van der Waals surface area contributed by atoms with Gasteiger partial charge in [0, 0.05) is 45.3 Å². The monoisotopic (exact) mass is 305 g/mol. The molecule has 1 aliphatic rings. The summed E-state index contributed by atoms with van der Waals surface area (Å²) in [4.78, 5) is 29.1. The summed E-state index contributed by atoms with van der Waals surface area (Å²) < 4.78 is 0. The van der Waals surface area contributed by atoms with Crippen LogP contribution in [-0.2, 0) is 4.79 Å². The lowest BCUT2D eigenvalue weighted by atomic mass is 10.1. The SMILES string of the molecule is CC(=O)N[C@H]1CCCN(C(=O)NCCNc2ccccn2)C1. The molecule has 7 heteroatoms.